The number of benzene rings is 1. The van der Waals surface area contributed by atoms with E-state index in [0.717, 1.165) is 0 Å². The zero-order chi connectivity index (χ0) is 12.4. The van der Waals surface area contributed by atoms with Gasteiger partial charge in [-0.2, -0.15) is 0 Å². The van der Waals surface area contributed by atoms with Gasteiger partial charge in [-0.05, 0) is 30.7 Å². The highest BCUT2D eigenvalue weighted by atomic mass is 19.1. The van der Waals surface area contributed by atoms with Crippen molar-refractivity contribution in [1.29, 1.82) is 0 Å². The van der Waals surface area contributed by atoms with E-state index in [1.54, 1.807) is 13.8 Å². The number of amides is 1. The van der Waals surface area contributed by atoms with Gasteiger partial charge in [0.05, 0.1) is 0 Å². The Bertz CT molecular complexity index is 566. The Morgan fingerprint density at radius 2 is 2.12 bits per heavy atom. The van der Waals surface area contributed by atoms with E-state index >= 15 is 0 Å². The Morgan fingerprint density at radius 1 is 1.35 bits per heavy atom. The highest BCUT2D eigenvalue weighted by molar-refractivity contribution is 6.04. The van der Waals surface area contributed by atoms with Gasteiger partial charge in [-0.15, -0.1) is 5.10 Å². The summed E-state index contributed by atoms with van der Waals surface area (Å²) in [6, 6.07) is 3.94. The third-order valence-electron chi connectivity index (χ3n) is 2.18. The van der Waals surface area contributed by atoms with E-state index in [0.29, 0.717) is 17.0 Å². The van der Waals surface area contributed by atoms with E-state index in [4.69, 9.17) is 4.42 Å². The van der Waals surface area contributed by atoms with E-state index in [1.807, 2.05) is 0 Å². The predicted octanol–water partition coefficient (Wildman–Crippen LogP) is 2.08. The Balaban J connectivity index is 2.20. The molecule has 0 spiro atoms. The van der Waals surface area contributed by atoms with Crippen LogP contribution in [0, 0.1) is 19.7 Å². The van der Waals surface area contributed by atoms with Gasteiger partial charge in [-0.25, -0.2) is 4.39 Å². The fourth-order valence-electron chi connectivity index (χ4n) is 1.39. The van der Waals surface area contributed by atoms with Crippen molar-refractivity contribution < 1.29 is 13.6 Å². The van der Waals surface area contributed by atoms with Crippen LogP contribution in [0.15, 0.2) is 22.6 Å². The van der Waals surface area contributed by atoms with Gasteiger partial charge >= 0.3 is 6.01 Å². The van der Waals surface area contributed by atoms with Crippen molar-refractivity contribution in [2.75, 3.05) is 5.32 Å². The maximum absolute atomic E-state index is 12.9. The quantitative estimate of drug-likeness (QED) is 0.865. The SMILES string of the molecule is Cc1nnc(NC(=O)c2ccc(F)cc2C)o1. The molecule has 5 nitrogen and oxygen atoms in total. The number of nitrogens with zero attached hydrogens (tertiary/aromatic N) is 2. The van der Waals surface area contributed by atoms with Crippen molar-refractivity contribution in [3.05, 3.63) is 41.0 Å². The van der Waals surface area contributed by atoms with E-state index in [2.05, 4.69) is 15.5 Å². The summed E-state index contributed by atoms with van der Waals surface area (Å²) in [7, 11) is 0. The number of carbonyl (C=O) groups excluding carboxylic acids is 1. The summed E-state index contributed by atoms with van der Waals surface area (Å²) < 4.78 is 17.9. The average molecular weight is 235 g/mol. The molecular formula is C11H10FN3O2. The van der Waals surface area contributed by atoms with Gasteiger partial charge in [0, 0.05) is 12.5 Å². The summed E-state index contributed by atoms with van der Waals surface area (Å²) in [5.74, 6) is -0.435. The van der Waals surface area contributed by atoms with E-state index in [9.17, 15) is 9.18 Å². The summed E-state index contributed by atoms with van der Waals surface area (Å²) in [6.45, 7) is 3.27. The lowest BCUT2D eigenvalue weighted by Gasteiger charge is -2.04. The lowest BCUT2D eigenvalue weighted by molar-refractivity contribution is 0.102. The standard InChI is InChI=1S/C11H10FN3O2/c1-6-5-8(12)3-4-9(6)10(16)13-11-15-14-7(2)17-11/h3-5H,1-2H3,(H,13,15,16). The fraction of sp³-hybridized carbons (Fsp3) is 0.182. The van der Waals surface area contributed by atoms with Gasteiger partial charge in [0.15, 0.2) is 0 Å². The third kappa shape index (κ3) is 2.47. The molecule has 88 valence electrons. The second-order valence-corrected chi connectivity index (χ2v) is 3.54. The van der Waals surface area contributed by atoms with Gasteiger partial charge in [0.25, 0.3) is 5.91 Å². The van der Waals surface area contributed by atoms with Crippen LogP contribution in [0.25, 0.3) is 0 Å². The Kier molecular flexibility index (Phi) is 2.86. The van der Waals surface area contributed by atoms with Crippen molar-refractivity contribution in [1.82, 2.24) is 10.2 Å². The number of aromatic nitrogens is 2. The third-order valence-corrected chi connectivity index (χ3v) is 2.18. The molecule has 1 aromatic heterocycles. The van der Waals surface area contributed by atoms with Crippen molar-refractivity contribution in [3.63, 3.8) is 0 Å². The first kappa shape index (κ1) is 11.3. The number of rotatable bonds is 2. The molecule has 0 saturated carbocycles. The van der Waals surface area contributed by atoms with Crippen LogP contribution in [0.2, 0.25) is 0 Å². The molecule has 0 aliphatic heterocycles. The minimum absolute atomic E-state index is 0.0243. The zero-order valence-electron chi connectivity index (χ0n) is 9.32. The predicted molar refractivity (Wildman–Crippen MR) is 58.1 cm³/mol. The topological polar surface area (TPSA) is 68.0 Å². The number of carbonyl (C=O) groups is 1. The molecule has 1 aromatic carbocycles. The molecular weight excluding hydrogens is 225 g/mol. The maximum atomic E-state index is 12.9. The summed E-state index contributed by atoms with van der Waals surface area (Å²) in [5, 5.41) is 9.65. The van der Waals surface area contributed by atoms with E-state index in [1.165, 1.54) is 18.2 Å². The van der Waals surface area contributed by atoms with E-state index < -0.39 is 5.91 Å². The smallest absolute Gasteiger partial charge is 0.322 e. The molecule has 1 N–H and O–H groups in total. The minimum Gasteiger partial charge on any atom is -0.408 e. The van der Waals surface area contributed by atoms with Crippen LogP contribution < -0.4 is 5.32 Å². The van der Waals surface area contributed by atoms with Crippen molar-refractivity contribution in [2.24, 2.45) is 0 Å². The molecule has 0 fully saturated rings. The fourth-order valence-corrected chi connectivity index (χ4v) is 1.39. The van der Waals surface area contributed by atoms with E-state index in [-0.39, 0.29) is 11.8 Å². The number of hydrogen-bond acceptors (Lipinski definition) is 4. The van der Waals surface area contributed by atoms with Gasteiger partial charge in [-0.3, -0.25) is 10.1 Å². The van der Waals surface area contributed by atoms with Gasteiger partial charge in [-0.1, -0.05) is 5.10 Å². The first-order chi connectivity index (χ1) is 8.06. The van der Waals surface area contributed by atoms with Crippen molar-refractivity contribution in [3.8, 4) is 0 Å². The Labute approximate surface area is 96.7 Å². The lowest BCUT2D eigenvalue weighted by Crippen LogP contribution is -2.13. The molecule has 0 unspecified atom stereocenters. The molecule has 0 radical (unpaired) electrons. The normalized spacial score (nSPS) is 10.3. The number of anilines is 1. The molecule has 0 atom stereocenters. The van der Waals surface area contributed by atoms with Crippen LogP contribution in [0.4, 0.5) is 10.4 Å². The summed E-state index contributed by atoms with van der Waals surface area (Å²) in [4.78, 5) is 11.8. The summed E-state index contributed by atoms with van der Waals surface area (Å²) in [6.07, 6.45) is 0. The Hall–Kier alpha value is -2.24. The number of hydrogen-bond donors (Lipinski definition) is 1. The summed E-state index contributed by atoms with van der Waals surface area (Å²) >= 11 is 0. The maximum Gasteiger partial charge on any atom is 0.322 e. The average Bonchev–Trinajstić information content (AvgIpc) is 2.63. The summed E-state index contributed by atoms with van der Waals surface area (Å²) in [5.41, 5.74) is 0.904. The molecule has 6 heteroatoms. The first-order valence-corrected chi connectivity index (χ1v) is 4.94. The monoisotopic (exact) mass is 235 g/mol. The molecule has 1 heterocycles. The van der Waals surface area contributed by atoms with Crippen LogP contribution >= 0.6 is 0 Å². The second-order valence-electron chi connectivity index (χ2n) is 3.54. The molecule has 1 amide bonds. The van der Waals surface area contributed by atoms with Crippen LogP contribution in [0.3, 0.4) is 0 Å². The molecule has 0 aliphatic rings. The van der Waals surface area contributed by atoms with Crippen molar-refractivity contribution in [2.45, 2.75) is 13.8 Å². The highest BCUT2D eigenvalue weighted by Gasteiger charge is 2.12. The molecule has 0 bridgehead atoms. The lowest BCUT2D eigenvalue weighted by atomic mass is 10.1. The second kappa shape index (κ2) is 4.32. The van der Waals surface area contributed by atoms with Gasteiger partial charge in [0.1, 0.15) is 5.82 Å². The van der Waals surface area contributed by atoms with Crippen LogP contribution in [-0.4, -0.2) is 16.1 Å². The first-order valence-electron chi connectivity index (χ1n) is 4.94. The molecule has 0 saturated heterocycles. The minimum atomic E-state index is -0.411. The van der Waals surface area contributed by atoms with Crippen molar-refractivity contribution >= 4 is 11.9 Å². The number of aryl methyl sites for hydroxylation is 2. The zero-order valence-corrected chi connectivity index (χ0v) is 9.32. The van der Waals surface area contributed by atoms with Gasteiger partial charge in [0.2, 0.25) is 5.89 Å². The molecule has 0 aliphatic carbocycles. The Morgan fingerprint density at radius 3 is 2.71 bits per heavy atom. The molecule has 2 aromatic rings. The molecule has 17 heavy (non-hydrogen) atoms. The largest absolute Gasteiger partial charge is 0.408 e. The van der Waals surface area contributed by atoms with Gasteiger partial charge < -0.3 is 4.42 Å². The number of halogens is 1. The number of nitrogens with one attached hydrogen (secondary N) is 1. The van der Waals surface area contributed by atoms with Crippen LogP contribution in [0.5, 0.6) is 0 Å². The molecule has 2 rings (SSSR count). The van der Waals surface area contributed by atoms with Crippen LogP contribution in [0.1, 0.15) is 21.8 Å². The van der Waals surface area contributed by atoms with Crippen LogP contribution in [-0.2, 0) is 0 Å². The highest BCUT2D eigenvalue weighted by Crippen LogP contribution is 2.12.